The summed E-state index contributed by atoms with van der Waals surface area (Å²) in [4.78, 5) is 9.32. The van der Waals surface area contributed by atoms with Crippen molar-refractivity contribution >= 4 is 46.1 Å². The second-order valence-corrected chi connectivity index (χ2v) is 7.04. The number of hydrogen-bond acceptors (Lipinski definition) is 5. The number of nitrogens with two attached hydrogens (primary N) is 1. The summed E-state index contributed by atoms with van der Waals surface area (Å²) in [5, 5.41) is 3.98. The van der Waals surface area contributed by atoms with Gasteiger partial charge in [0.05, 0.1) is 27.3 Å². The zero-order valence-corrected chi connectivity index (χ0v) is 14.7. The van der Waals surface area contributed by atoms with Crippen molar-refractivity contribution in [1.82, 2.24) is 10.4 Å². The Hall–Kier alpha value is -1.92. The highest BCUT2D eigenvalue weighted by Crippen LogP contribution is 2.40. The molecule has 0 spiro atoms. The quantitative estimate of drug-likeness (QED) is 0.502. The van der Waals surface area contributed by atoms with Crippen molar-refractivity contribution < 1.29 is 0 Å². The average Bonchev–Trinajstić information content (AvgIpc) is 3.21. The molecule has 0 amide bonds. The fourth-order valence-electron chi connectivity index (χ4n) is 2.75. The summed E-state index contributed by atoms with van der Waals surface area (Å²) in [5.41, 5.74) is 6.50. The molecule has 7 heteroatoms. The molecule has 4 rings (SSSR count). The monoisotopic (exact) mass is 374 g/mol. The highest BCUT2D eigenvalue weighted by molar-refractivity contribution is 7.10. The number of amidine groups is 1. The van der Waals surface area contributed by atoms with Gasteiger partial charge >= 0.3 is 0 Å². The number of aliphatic imine (C=N–C) groups is 1. The van der Waals surface area contributed by atoms with Crippen molar-refractivity contribution in [1.29, 1.82) is 0 Å². The Kier molecular flexibility index (Phi) is 4.02. The van der Waals surface area contributed by atoms with E-state index in [0.29, 0.717) is 15.9 Å². The van der Waals surface area contributed by atoms with Crippen LogP contribution in [0.2, 0.25) is 10.0 Å². The first kappa shape index (κ1) is 15.6. The van der Waals surface area contributed by atoms with Gasteiger partial charge in [0.1, 0.15) is 10.8 Å². The van der Waals surface area contributed by atoms with Crippen LogP contribution in [0.3, 0.4) is 0 Å². The van der Waals surface area contributed by atoms with E-state index in [4.69, 9.17) is 34.0 Å². The number of aromatic nitrogens is 1. The average molecular weight is 375 g/mol. The molecule has 3 N–H and O–H groups in total. The maximum absolute atomic E-state index is 6.11. The van der Waals surface area contributed by atoms with E-state index in [0.717, 1.165) is 27.5 Å². The Labute approximate surface area is 152 Å². The van der Waals surface area contributed by atoms with Crippen LogP contribution < -0.4 is 11.3 Å². The molecule has 1 atom stereocenters. The fraction of sp³-hybridized carbons (Fsp3) is 0.0588. The minimum Gasteiger partial charge on any atom is -0.311 e. The highest BCUT2D eigenvalue weighted by atomic mass is 35.5. The number of hydrogen-bond donors (Lipinski definition) is 2. The summed E-state index contributed by atoms with van der Waals surface area (Å²) in [6, 6.07) is 13.5. The van der Waals surface area contributed by atoms with E-state index >= 15 is 0 Å². The molecule has 24 heavy (non-hydrogen) atoms. The number of para-hydroxylation sites is 1. The topological polar surface area (TPSA) is 63.3 Å². The van der Waals surface area contributed by atoms with Crippen LogP contribution in [0.4, 0.5) is 5.69 Å². The smallest absolute Gasteiger partial charge is 0.131 e. The van der Waals surface area contributed by atoms with E-state index in [1.807, 2.05) is 41.8 Å². The summed E-state index contributed by atoms with van der Waals surface area (Å²) in [5.74, 6) is 6.28. The molecular weight excluding hydrogens is 363 g/mol. The van der Waals surface area contributed by atoms with Crippen LogP contribution in [0.1, 0.15) is 16.5 Å². The summed E-state index contributed by atoms with van der Waals surface area (Å²) in [7, 11) is 0. The Morgan fingerprint density at radius 2 is 1.92 bits per heavy atom. The van der Waals surface area contributed by atoms with E-state index in [-0.39, 0.29) is 5.92 Å². The number of benzene rings is 2. The van der Waals surface area contributed by atoms with Gasteiger partial charge < -0.3 is 5.43 Å². The summed E-state index contributed by atoms with van der Waals surface area (Å²) >= 11 is 13.7. The van der Waals surface area contributed by atoms with Gasteiger partial charge in [-0.05, 0) is 23.8 Å². The molecule has 1 aromatic heterocycles. The number of hydrazine groups is 1. The molecule has 0 bridgehead atoms. The minimum absolute atomic E-state index is 0.0762. The molecule has 4 nitrogen and oxygen atoms in total. The molecule has 0 saturated heterocycles. The SMILES string of the molecule is NNC1=Nc2ccccc2C1c1nc(-c2ccc(Cl)c(Cl)c2)cs1. The van der Waals surface area contributed by atoms with Crippen molar-refractivity contribution in [3.8, 4) is 11.3 Å². The molecule has 2 heterocycles. The molecule has 1 aliphatic rings. The van der Waals surface area contributed by atoms with Crippen molar-refractivity contribution in [3.05, 3.63) is 68.5 Å². The number of nitrogens with one attached hydrogen (secondary N) is 1. The predicted octanol–water partition coefficient (Wildman–Crippen LogP) is 4.76. The van der Waals surface area contributed by atoms with Crippen LogP contribution in [0.5, 0.6) is 0 Å². The molecule has 0 fully saturated rings. The lowest BCUT2D eigenvalue weighted by Crippen LogP contribution is -2.33. The van der Waals surface area contributed by atoms with Crippen LogP contribution in [-0.4, -0.2) is 10.8 Å². The van der Waals surface area contributed by atoms with Gasteiger partial charge in [0.25, 0.3) is 0 Å². The number of thiazole rings is 1. The predicted molar refractivity (Wildman–Crippen MR) is 100 cm³/mol. The largest absolute Gasteiger partial charge is 0.311 e. The number of rotatable bonds is 2. The lowest BCUT2D eigenvalue weighted by molar-refractivity contribution is 0.945. The Balaban J connectivity index is 1.75. The van der Waals surface area contributed by atoms with Gasteiger partial charge in [-0.25, -0.2) is 15.8 Å². The van der Waals surface area contributed by atoms with E-state index < -0.39 is 0 Å². The zero-order chi connectivity index (χ0) is 16.7. The third kappa shape index (κ3) is 2.59. The minimum atomic E-state index is -0.0762. The van der Waals surface area contributed by atoms with Crippen LogP contribution in [-0.2, 0) is 0 Å². The van der Waals surface area contributed by atoms with Gasteiger partial charge in [-0.15, -0.1) is 11.3 Å². The first-order valence-electron chi connectivity index (χ1n) is 7.22. The molecule has 0 saturated carbocycles. The molecule has 1 unspecified atom stereocenters. The third-order valence-corrected chi connectivity index (χ3v) is 5.54. The molecule has 1 aliphatic heterocycles. The Morgan fingerprint density at radius 3 is 2.71 bits per heavy atom. The molecule has 2 aromatic carbocycles. The van der Waals surface area contributed by atoms with Crippen molar-refractivity contribution in [3.63, 3.8) is 0 Å². The van der Waals surface area contributed by atoms with Gasteiger partial charge in [-0.3, -0.25) is 0 Å². The van der Waals surface area contributed by atoms with Crippen LogP contribution in [0.25, 0.3) is 11.3 Å². The second-order valence-electron chi connectivity index (χ2n) is 5.33. The normalized spacial score (nSPS) is 16.0. The molecule has 0 radical (unpaired) electrons. The first-order valence-corrected chi connectivity index (χ1v) is 8.86. The molecule has 3 aromatic rings. The lowest BCUT2D eigenvalue weighted by atomic mass is 10.00. The van der Waals surface area contributed by atoms with Gasteiger partial charge in [0.15, 0.2) is 0 Å². The van der Waals surface area contributed by atoms with Crippen molar-refractivity contribution in [2.45, 2.75) is 5.92 Å². The van der Waals surface area contributed by atoms with E-state index in [1.54, 1.807) is 17.4 Å². The maximum Gasteiger partial charge on any atom is 0.131 e. The van der Waals surface area contributed by atoms with E-state index in [9.17, 15) is 0 Å². The van der Waals surface area contributed by atoms with Gasteiger partial charge in [-0.2, -0.15) is 0 Å². The second kappa shape index (κ2) is 6.18. The van der Waals surface area contributed by atoms with Crippen LogP contribution >= 0.6 is 34.5 Å². The van der Waals surface area contributed by atoms with Crippen LogP contribution in [0, 0.1) is 0 Å². The summed E-state index contributed by atoms with van der Waals surface area (Å²) < 4.78 is 0. The molecule has 0 aliphatic carbocycles. The maximum atomic E-state index is 6.11. The molecule has 120 valence electrons. The van der Waals surface area contributed by atoms with Gasteiger partial charge in [0.2, 0.25) is 0 Å². The fourth-order valence-corrected chi connectivity index (χ4v) is 3.99. The number of nitrogens with zero attached hydrogens (tertiary/aromatic N) is 2. The van der Waals surface area contributed by atoms with Crippen molar-refractivity contribution in [2.75, 3.05) is 0 Å². The van der Waals surface area contributed by atoms with E-state index in [1.165, 1.54) is 0 Å². The van der Waals surface area contributed by atoms with E-state index in [2.05, 4.69) is 10.4 Å². The summed E-state index contributed by atoms with van der Waals surface area (Å²) in [6.45, 7) is 0. The first-order chi connectivity index (χ1) is 11.7. The number of fused-ring (bicyclic) bond motifs is 1. The van der Waals surface area contributed by atoms with Crippen molar-refractivity contribution in [2.24, 2.45) is 10.8 Å². The Bertz CT molecular complexity index is 951. The molecular formula is C17H12Cl2N4S. The lowest BCUT2D eigenvalue weighted by Gasteiger charge is -2.11. The zero-order valence-electron chi connectivity index (χ0n) is 12.3. The Morgan fingerprint density at radius 1 is 1.08 bits per heavy atom. The van der Waals surface area contributed by atoms with Gasteiger partial charge in [0, 0.05) is 10.9 Å². The highest BCUT2D eigenvalue weighted by Gasteiger charge is 2.30. The summed E-state index contributed by atoms with van der Waals surface area (Å²) in [6.07, 6.45) is 0. The third-order valence-electron chi connectivity index (χ3n) is 3.89. The number of halogens is 2. The van der Waals surface area contributed by atoms with Crippen LogP contribution in [0.15, 0.2) is 52.8 Å². The van der Waals surface area contributed by atoms with Gasteiger partial charge in [-0.1, -0.05) is 47.5 Å². The standard InChI is InChI=1S/C17H12Cl2N4S/c18-11-6-5-9(7-12(11)19)14-8-24-17(22-14)15-10-3-1-2-4-13(10)21-16(15)23-20/h1-8,15H,20H2,(H,21,23).